The molecule has 3 N–H and O–H groups in total. The van der Waals surface area contributed by atoms with Gasteiger partial charge in [-0.1, -0.05) is 0 Å². The van der Waals surface area contributed by atoms with E-state index in [1.807, 2.05) is 6.07 Å². The van der Waals surface area contributed by atoms with Crippen molar-refractivity contribution in [2.45, 2.75) is 13.0 Å². The number of hydrogen-bond donors (Lipinski definition) is 2. The second-order valence-electron chi connectivity index (χ2n) is 4.10. The molecule has 6 heteroatoms. The summed E-state index contributed by atoms with van der Waals surface area (Å²) < 4.78 is 0. The second-order valence-corrected chi connectivity index (χ2v) is 4.10. The van der Waals surface area contributed by atoms with E-state index < -0.39 is 6.04 Å². The Hall–Kier alpha value is -2.55. The quantitative estimate of drug-likeness (QED) is 0.534. The van der Waals surface area contributed by atoms with Gasteiger partial charge in [-0.25, -0.2) is 0 Å². The molecule has 1 aliphatic heterocycles. The summed E-state index contributed by atoms with van der Waals surface area (Å²) in [5.41, 5.74) is 6.98. The van der Waals surface area contributed by atoms with Gasteiger partial charge in [-0.05, 0) is 25.1 Å². The summed E-state index contributed by atoms with van der Waals surface area (Å²) in [6.07, 6.45) is 0. The van der Waals surface area contributed by atoms with E-state index in [-0.39, 0.29) is 18.4 Å². The minimum atomic E-state index is -0.460. The molecule has 18 heavy (non-hydrogen) atoms. The van der Waals surface area contributed by atoms with Crippen LogP contribution in [0.5, 0.6) is 0 Å². The number of piperazine rings is 1. The van der Waals surface area contributed by atoms with Crippen LogP contribution in [0.1, 0.15) is 12.5 Å². The lowest BCUT2D eigenvalue weighted by molar-refractivity contribution is -0.132. The van der Waals surface area contributed by atoms with Gasteiger partial charge in [-0.15, -0.1) is 0 Å². The van der Waals surface area contributed by atoms with E-state index >= 15 is 0 Å². The SMILES string of the molecule is CC1C(=O)NC(=O)CN1c1ccc(N)c(C#N)c1. The van der Waals surface area contributed by atoms with E-state index in [1.165, 1.54) is 0 Å². The molecular formula is C12H12N4O2. The van der Waals surface area contributed by atoms with Crippen molar-refractivity contribution in [3.8, 4) is 6.07 Å². The molecule has 0 radical (unpaired) electrons. The smallest absolute Gasteiger partial charge is 0.249 e. The molecular weight excluding hydrogens is 232 g/mol. The lowest BCUT2D eigenvalue weighted by Gasteiger charge is -2.33. The maximum absolute atomic E-state index is 11.5. The Morgan fingerprint density at radius 1 is 1.50 bits per heavy atom. The van der Waals surface area contributed by atoms with Crippen molar-refractivity contribution < 1.29 is 9.59 Å². The third kappa shape index (κ3) is 1.98. The Bertz CT molecular complexity index is 562. The summed E-state index contributed by atoms with van der Waals surface area (Å²) >= 11 is 0. The Kier molecular flexibility index (Phi) is 2.90. The number of nitrogen functional groups attached to an aromatic ring is 1. The fraction of sp³-hybridized carbons (Fsp3) is 0.250. The van der Waals surface area contributed by atoms with E-state index in [4.69, 9.17) is 11.0 Å². The molecule has 2 amide bonds. The van der Waals surface area contributed by atoms with Gasteiger partial charge < -0.3 is 10.6 Å². The molecule has 1 fully saturated rings. The number of rotatable bonds is 1. The van der Waals surface area contributed by atoms with E-state index in [1.54, 1.807) is 30.0 Å². The highest BCUT2D eigenvalue weighted by atomic mass is 16.2. The van der Waals surface area contributed by atoms with Crippen LogP contribution < -0.4 is 16.0 Å². The largest absolute Gasteiger partial charge is 0.398 e. The van der Waals surface area contributed by atoms with Crippen molar-refractivity contribution in [2.75, 3.05) is 17.2 Å². The van der Waals surface area contributed by atoms with Crippen LogP contribution in [0.3, 0.4) is 0 Å². The first-order valence-electron chi connectivity index (χ1n) is 5.43. The molecule has 0 spiro atoms. The fourth-order valence-corrected chi connectivity index (χ4v) is 1.85. The normalized spacial score (nSPS) is 19.3. The third-order valence-electron chi connectivity index (χ3n) is 2.91. The minimum Gasteiger partial charge on any atom is -0.398 e. The summed E-state index contributed by atoms with van der Waals surface area (Å²) in [7, 11) is 0. The number of imide groups is 1. The van der Waals surface area contributed by atoms with E-state index in [9.17, 15) is 9.59 Å². The molecule has 1 saturated heterocycles. The average Bonchev–Trinajstić information content (AvgIpc) is 2.34. The van der Waals surface area contributed by atoms with E-state index in [0.29, 0.717) is 16.9 Å². The Balaban J connectivity index is 2.39. The zero-order chi connectivity index (χ0) is 13.3. The van der Waals surface area contributed by atoms with Crippen LogP contribution in [-0.4, -0.2) is 24.4 Å². The van der Waals surface area contributed by atoms with E-state index in [0.717, 1.165) is 0 Å². The first-order valence-corrected chi connectivity index (χ1v) is 5.43. The number of nitrogens with one attached hydrogen (secondary N) is 1. The molecule has 0 aromatic heterocycles. The molecule has 0 bridgehead atoms. The second kappa shape index (κ2) is 4.37. The number of nitriles is 1. The van der Waals surface area contributed by atoms with Crippen LogP contribution in [0.2, 0.25) is 0 Å². The van der Waals surface area contributed by atoms with Gasteiger partial charge in [0, 0.05) is 11.4 Å². The Labute approximate surface area is 104 Å². The van der Waals surface area contributed by atoms with Gasteiger partial charge in [0.05, 0.1) is 12.1 Å². The predicted octanol–water partition coefficient (Wildman–Crippen LogP) is -0.00822. The van der Waals surface area contributed by atoms with Crippen molar-refractivity contribution >= 4 is 23.2 Å². The summed E-state index contributed by atoms with van der Waals surface area (Å²) in [6.45, 7) is 1.78. The molecule has 1 heterocycles. The highest BCUT2D eigenvalue weighted by Crippen LogP contribution is 2.23. The Morgan fingerprint density at radius 2 is 2.22 bits per heavy atom. The molecule has 1 atom stereocenters. The number of carbonyl (C=O) groups excluding carboxylic acids is 2. The highest BCUT2D eigenvalue weighted by Gasteiger charge is 2.30. The van der Waals surface area contributed by atoms with Gasteiger partial charge >= 0.3 is 0 Å². The van der Waals surface area contributed by atoms with Crippen LogP contribution in [0.4, 0.5) is 11.4 Å². The molecule has 1 unspecified atom stereocenters. The number of carbonyl (C=O) groups is 2. The summed E-state index contributed by atoms with van der Waals surface area (Å²) in [5, 5.41) is 11.2. The highest BCUT2D eigenvalue weighted by molar-refractivity contribution is 6.04. The predicted molar refractivity (Wildman–Crippen MR) is 65.5 cm³/mol. The minimum absolute atomic E-state index is 0.0850. The van der Waals surface area contributed by atoms with Crippen LogP contribution in [0.25, 0.3) is 0 Å². The molecule has 1 aromatic carbocycles. The van der Waals surface area contributed by atoms with Crippen molar-refractivity contribution in [3.05, 3.63) is 23.8 Å². The van der Waals surface area contributed by atoms with Crippen molar-refractivity contribution in [3.63, 3.8) is 0 Å². The van der Waals surface area contributed by atoms with Gasteiger partial charge in [0.2, 0.25) is 11.8 Å². The molecule has 6 nitrogen and oxygen atoms in total. The number of nitrogens with zero attached hydrogens (tertiary/aromatic N) is 2. The molecule has 2 rings (SSSR count). The van der Waals surface area contributed by atoms with Crippen molar-refractivity contribution in [1.29, 1.82) is 5.26 Å². The average molecular weight is 244 g/mol. The first-order chi connectivity index (χ1) is 8.52. The number of anilines is 2. The van der Waals surface area contributed by atoms with Crippen LogP contribution >= 0.6 is 0 Å². The maximum Gasteiger partial charge on any atom is 0.249 e. The van der Waals surface area contributed by atoms with Gasteiger partial charge in [0.25, 0.3) is 0 Å². The van der Waals surface area contributed by atoms with Crippen molar-refractivity contribution in [1.82, 2.24) is 5.32 Å². The molecule has 0 aliphatic carbocycles. The van der Waals surface area contributed by atoms with Crippen molar-refractivity contribution in [2.24, 2.45) is 0 Å². The third-order valence-corrected chi connectivity index (χ3v) is 2.91. The van der Waals surface area contributed by atoms with E-state index in [2.05, 4.69) is 5.32 Å². The zero-order valence-electron chi connectivity index (χ0n) is 9.80. The van der Waals surface area contributed by atoms with Crippen LogP contribution in [-0.2, 0) is 9.59 Å². The number of benzene rings is 1. The van der Waals surface area contributed by atoms with Crippen LogP contribution in [0, 0.1) is 11.3 Å². The summed E-state index contributed by atoms with van der Waals surface area (Å²) in [6, 6.07) is 6.38. The summed E-state index contributed by atoms with van der Waals surface area (Å²) in [4.78, 5) is 24.5. The number of hydrogen-bond acceptors (Lipinski definition) is 5. The Morgan fingerprint density at radius 3 is 2.89 bits per heavy atom. The van der Waals surface area contributed by atoms with Gasteiger partial charge in [0.1, 0.15) is 12.1 Å². The monoisotopic (exact) mass is 244 g/mol. The standard InChI is InChI=1S/C12H12N4O2/c1-7-12(18)15-11(17)6-16(7)9-2-3-10(14)8(4-9)5-13/h2-4,7H,6,14H2,1H3,(H,15,17,18). The molecule has 92 valence electrons. The lowest BCUT2D eigenvalue weighted by atomic mass is 10.1. The molecule has 0 saturated carbocycles. The molecule has 1 aliphatic rings. The van der Waals surface area contributed by atoms with Crippen LogP contribution in [0.15, 0.2) is 18.2 Å². The zero-order valence-corrected chi connectivity index (χ0v) is 9.80. The molecule has 1 aromatic rings. The number of nitrogens with two attached hydrogens (primary N) is 1. The lowest BCUT2D eigenvalue weighted by Crippen LogP contribution is -2.57. The number of amides is 2. The van der Waals surface area contributed by atoms with Gasteiger partial charge in [0.15, 0.2) is 0 Å². The summed E-state index contributed by atoms with van der Waals surface area (Å²) in [5.74, 6) is -0.699. The topological polar surface area (TPSA) is 99.2 Å². The van der Waals surface area contributed by atoms with Gasteiger partial charge in [-0.2, -0.15) is 5.26 Å². The van der Waals surface area contributed by atoms with Gasteiger partial charge in [-0.3, -0.25) is 14.9 Å². The maximum atomic E-state index is 11.5. The first kappa shape index (κ1) is 11.9. The fourth-order valence-electron chi connectivity index (χ4n) is 1.85.